The Morgan fingerprint density at radius 3 is 2.90 bits per heavy atom. The van der Waals surface area contributed by atoms with E-state index in [9.17, 15) is 0 Å². The van der Waals surface area contributed by atoms with Gasteiger partial charge in [0, 0.05) is 30.1 Å². The molecule has 114 valence electrons. The summed E-state index contributed by atoms with van der Waals surface area (Å²) >= 11 is 0. The van der Waals surface area contributed by atoms with Gasteiger partial charge < -0.3 is 19.4 Å². The topological polar surface area (TPSA) is 48.3 Å². The minimum atomic E-state index is 0.240. The Morgan fingerprint density at radius 1 is 1.38 bits per heavy atom. The zero-order chi connectivity index (χ0) is 15.1. The summed E-state index contributed by atoms with van der Waals surface area (Å²) in [5.41, 5.74) is 1.14. The lowest BCUT2D eigenvalue weighted by Crippen LogP contribution is -2.19. The highest BCUT2D eigenvalue weighted by atomic mass is 16.5. The third-order valence-corrected chi connectivity index (χ3v) is 3.36. The predicted molar refractivity (Wildman–Crippen MR) is 82.8 cm³/mol. The summed E-state index contributed by atoms with van der Waals surface area (Å²) < 4.78 is 13.2. The molecule has 5 heteroatoms. The Labute approximate surface area is 125 Å². The first-order valence-corrected chi connectivity index (χ1v) is 7.24. The van der Waals surface area contributed by atoms with Gasteiger partial charge in [-0.25, -0.2) is 4.98 Å². The van der Waals surface area contributed by atoms with Crippen molar-refractivity contribution in [3.8, 4) is 11.5 Å². The average Bonchev–Trinajstić information content (AvgIpc) is 3.00. The number of nitrogens with zero attached hydrogens (tertiary/aromatic N) is 2. The number of hydrogen-bond acceptors (Lipinski definition) is 4. The Kier molecular flexibility index (Phi) is 5.63. The van der Waals surface area contributed by atoms with Gasteiger partial charge in [0.2, 0.25) is 0 Å². The van der Waals surface area contributed by atoms with Crippen molar-refractivity contribution in [3.63, 3.8) is 0 Å². The van der Waals surface area contributed by atoms with Gasteiger partial charge in [-0.2, -0.15) is 0 Å². The molecule has 1 heterocycles. The summed E-state index contributed by atoms with van der Waals surface area (Å²) in [5, 5.41) is 3.41. The van der Waals surface area contributed by atoms with E-state index in [0.29, 0.717) is 6.61 Å². The Bertz CT molecular complexity index is 540. The van der Waals surface area contributed by atoms with E-state index in [1.54, 1.807) is 19.6 Å². The van der Waals surface area contributed by atoms with E-state index in [0.717, 1.165) is 30.2 Å². The van der Waals surface area contributed by atoms with Crippen molar-refractivity contribution in [2.24, 2.45) is 0 Å². The van der Waals surface area contributed by atoms with Crippen molar-refractivity contribution in [2.75, 3.05) is 20.3 Å². The minimum absolute atomic E-state index is 0.240. The fourth-order valence-corrected chi connectivity index (χ4v) is 2.22. The molecule has 0 amide bonds. The average molecular weight is 289 g/mol. The van der Waals surface area contributed by atoms with Gasteiger partial charge in [-0.15, -0.1) is 0 Å². The monoisotopic (exact) mass is 289 g/mol. The van der Waals surface area contributed by atoms with Crippen LogP contribution < -0.4 is 14.8 Å². The van der Waals surface area contributed by atoms with Crippen LogP contribution in [0.25, 0.3) is 0 Å². The smallest absolute Gasteiger partial charge is 0.127 e. The Hall–Kier alpha value is -2.01. The maximum atomic E-state index is 5.95. The maximum absolute atomic E-state index is 5.95. The summed E-state index contributed by atoms with van der Waals surface area (Å²) in [6.07, 6.45) is 5.48. The molecule has 21 heavy (non-hydrogen) atoms. The zero-order valence-electron chi connectivity index (χ0n) is 12.9. The number of nitrogens with one attached hydrogen (secondary N) is 1. The summed E-state index contributed by atoms with van der Waals surface area (Å²) in [7, 11) is 1.66. The molecule has 5 nitrogen and oxygen atoms in total. The largest absolute Gasteiger partial charge is 0.497 e. The number of imidazole rings is 1. The van der Waals surface area contributed by atoms with Crippen molar-refractivity contribution in [1.29, 1.82) is 0 Å². The van der Waals surface area contributed by atoms with Crippen LogP contribution in [0.1, 0.15) is 25.5 Å². The highest BCUT2D eigenvalue weighted by Gasteiger charge is 2.12. The molecule has 0 aliphatic rings. The number of benzene rings is 1. The van der Waals surface area contributed by atoms with Crippen molar-refractivity contribution >= 4 is 0 Å². The van der Waals surface area contributed by atoms with Crippen LogP contribution in [0.2, 0.25) is 0 Å². The van der Waals surface area contributed by atoms with Crippen LogP contribution in [-0.2, 0) is 6.54 Å². The molecule has 1 N–H and O–H groups in total. The SMILES string of the molecule is CCNC(C)c1ccc(OC)cc1OCCn1ccnc1. The van der Waals surface area contributed by atoms with Crippen molar-refractivity contribution in [2.45, 2.75) is 26.4 Å². The molecule has 1 atom stereocenters. The van der Waals surface area contributed by atoms with E-state index in [4.69, 9.17) is 9.47 Å². The first-order valence-electron chi connectivity index (χ1n) is 7.24. The van der Waals surface area contributed by atoms with Crippen LogP contribution in [0.15, 0.2) is 36.9 Å². The van der Waals surface area contributed by atoms with E-state index in [2.05, 4.69) is 30.2 Å². The second kappa shape index (κ2) is 7.69. The molecular formula is C16H23N3O2. The molecule has 0 aliphatic carbocycles. The van der Waals surface area contributed by atoms with Gasteiger partial charge in [-0.05, 0) is 19.5 Å². The van der Waals surface area contributed by atoms with E-state index < -0.39 is 0 Å². The fourth-order valence-electron chi connectivity index (χ4n) is 2.22. The van der Waals surface area contributed by atoms with Gasteiger partial charge in [0.1, 0.15) is 18.1 Å². The molecule has 0 spiro atoms. The third kappa shape index (κ3) is 4.23. The van der Waals surface area contributed by atoms with Crippen molar-refractivity contribution in [1.82, 2.24) is 14.9 Å². The lowest BCUT2D eigenvalue weighted by Gasteiger charge is -2.18. The van der Waals surface area contributed by atoms with Crippen LogP contribution in [0.3, 0.4) is 0 Å². The molecule has 1 unspecified atom stereocenters. The molecule has 0 bridgehead atoms. The molecular weight excluding hydrogens is 266 g/mol. The summed E-state index contributed by atoms with van der Waals surface area (Å²) in [6, 6.07) is 6.20. The number of methoxy groups -OCH3 is 1. The van der Waals surface area contributed by atoms with E-state index >= 15 is 0 Å². The lowest BCUT2D eigenvalue weighted by molar-refractivity contribution is 0.290. The molecule has 0 aliphatic heterocycles. The molecule has 0 radical (unpaired) electrons. The first-order chi connectivity index (χ1) is 10.2. The Morgan fingerprint density at radius 2 is 2.24 bits per heavy atom. The fraction of sp³-hybridized carbons (Fsp3) is 0.438. The predicted octanol–water partition coefficient (Wildman–Crippen LogP) is 2.64. The summed E-state index contributed by atoms with van der Waals surface area (Å²) in [4.78, 5) is 4.02. The third-order valence-electron chi connectivity index (χ3n) is 3.36. The van der Waals surface area contributed by atoms with Crippen LogP contribution in [0.5, 0.6) is 11.5 Å². The second-order valence-electron chi connectivity index (χ2n) is 4.83. The van der Waals surface area contributed by atoms with Gasteiger partial charge in [0.05, 0.1) is 20.0 Å². The number of hydrogen-bond donors (Lipinski definition) is 1. The van der Waals surface area contributed by atoms with Gasteiger partial charge >= 0.3 is 0 Å². The molecule has 0 saturated carbocycles. The Balaban J connectivity index is 2.06. The van der Waals surface area contributed by atoms with Crippen LogP contribution in [0.4, 0.5) is 0 Å². The van der Waals surface area contributed by atoms with Gasteiger partial charge in [0.25, 0.3) is 0 Å². The van der Waals surface area contributed by atoms with Gasteiger partial charge in [-0.1, -0.05) is 13.0 Å². The zero-order valence-corrected chi connectivity index (χ0v) is 12.9. The molecule has 0 fully saturated rings. The quantitative estimate of drug-likeness (QED) is 0.811. The molecule has 1 aromatic heterocycles. The van der Waals surface area contributed by atoms with Crippen LogP contribution >= 0.6 is 0 Å². The van der Waals surface area contributed by atoms with Crippen molar-refractivity contribution in [3.05, 3.63) is 42.5 Å². The number of ether oxygens (including phenoxy) is 2. The molecule has 2 aromatic rings. The van der Waals surface area contributed by atoms with Crippen molar-refractivity contribution < 1.29 is 9.47 Å². The lowest BCUT2D eigenvalue weighted by atomic mass is 10.1. The molecule has 0 saturated heterocycles. The first kappa shape index (κ1) is 15.4. The molecule has 1 aromatic carbocycles. The van der Waals surface area contributed by atoms with E-state index in [-0.39, 0.29) is 6.04 Å². The second-order valence-corrected chi connectivity index (χ2v) is 4.83. The summed E-state index contributed by atoms with van der Waals surface area (Å²) in [6.45, 7) is 6.51. The standard InChI is InChI=1S/C16H23N3O2/c1-4-18-13(2)15-6-5-14(20-3)11-16(15)21-10-9-19-8-7-17-12-19/h5-8,11-13,18H,4,9-10H2,1-3H3. The van der Waals surface area contributed by atoms with Gasteiger partial charge in [-0.3, -0.25) is 0 Å². The summed E-state index contributed by atoms with van der Waals surface area (Å²) in [5.74, 6) is 1.67. The highest BCUT2D eigenvalue weighted by molar-refractivity contribution is 5.42. The minimum Gasteiger partial charge on any atom is -0.497 e. The van der Waals surface area contributed by atoms with E-state index in [1.807, 2.05) is 22.9 Å². The normalized spacial score (nSPS) is 12.1. The van der Waals surface area contributed by atoms with Gasteiger partial charge in [0.15, 0.2) is 0 Å². The number of aromatic nitrogens is 2. The number of rotatable bonds is 8. The highest BCUT2D eigenvalue weighted by Crippen LogP contribution is 2.29. The maximum Gasteiger partial charge on any atom is 0.127 e. The molecule has 2 rings (SSSR count). The van der Waals surface area contributed by atoms with Crippen LogP contribution in [0, 0.1) is 0 Å². The van der Waals surface area contributed by atoms with Crippen LogP contribution in [-0.4, -0.2) is 29.8 Å². The van der Waals surface area contributed by atoms with E-state index in [1.165, 1.54) is 0 Å².